The second-order valence-electron chi connectivity index (χ2n) is 4.54. The third kappa shape index (κ3) is 3.07. The number of nitriles is 1. The first-order chi connectivity index (χ1) is 9.95. The molecule has 21 heavy (non-hydrogen) atoms. The number of carbonyl (C=O) groups is 1. The minimum atomic E-state index is -1.13. The molecule has 0 bridgehead atoms. The summed E-state index contributed by atoms with van der Waals surface area (Å²) in [6.45, 7) is 1.56. The number of ketones is 1. The van der Waals surface area contributed by atoms with Crippen LogP contribution in [0, 0.1) is 24.1 Å². The molecule has 1 atom stereocenters. The van der Waals surface area contributed by atoms with Gasteiger partial charge in [-0.05, 0) is 36.2 Å². The highest BCUT2D eigenvalue weighted by Crippen LogP contribution is 2.29. The molecule has 0 spiro atoms. The number of hydrogen-bond donors (Lipinski definition) is 0. The topological polar surface area (TPSA) is 40.9 Å². The van der Waals surface area contributed by atoms with Gasteiger partial charge >= 0.3 is 0 Å². The zero-order chi connectivity index (χ0) is 15.6. The number of hydrogen-bond acceptors (Lipinski definition) is 2. The van der Waals surface area contributed by atoms with Gasteiger partial charge in [-0.1, -0.05) is 41.4 Å². The van der Waals surface area contributed by atoms with Crippen LogP contribution in [0.5, 0.6) is 0 Å². The first-order valence-corrected chi connectivity index (χ1v) is 6.85. The Balaban J connectivity index is 2.46. The quantitative estimate of drug-likeness (QED) is 0.752. The summed E-state index contributed by atoms with van der Waals surface area (Å²) in [4.78, 5) is 12.4. The van der Waals surface area contributed by atoms with Gasteiger partial charge in [0.1, 0.15) is 11.7 Å². The summed E-state index contributed by atoms with van der Waals surface area (Å²) in [5.41, 5.74) is 0.636. The van der Waals surface area contributed by atoms with E-state index in [0.717, 1.165) is 0 Å². The lowest BCUT2D eigenvalue weighted by Crippen LogP contribution is -2.13. The molecule has 106 valence electrons. The average molecular weight is 322 g/mol. The van der Waals surface area contributed by atoms with Crippen LogP contribution in [0.25, 0.3) is 0 Å². The first kappa shape index (κ1) is 15.5. The van der Waals surface area contributed by atoms with E-state index >= 15 is 0 Å². The van der Waals surface area contributed by atoms with E-state index in [9.17, 15) is 14.4 Å². The molecule has 2 rings (SSSR count). The van der Waals surface area contributed by atoms with Gasteiger partial charge in [0.2, 0.25) is 0 Å². The van der Waals surface area contributed by atoms with Crippen LogP contribution in [-0.2, 0) is 0 Å². The fourth-order valence-corrected chi connectivity index (χ4v) is 2.28. The molecule has 0 aliphatic heterocycles. The van der Waals surface area contributed by atoms with E-state index in [4.69, 9.17) is 23.2 Å². The zero-order valence-electron chi connectivity index (χ0n) is 11.0. The first-order valence-electron chi connectivity index (χ1n) is 6.09. The molecule has 2 aromatic rings. The van der Waals surface area contributed by atoms with Crippen molar-refractivity contribution in [3.8, 4) is 6.07 Å². The molecule has 0 radical (unpaired) electrons. The summed E-state index contributed by atoms with van der Waals surface area (Å²) in [7, 11) is 0. The Kier molecular flexibility index (Phi) is 4.62. The van der Waals surface area contributed by atoms with Crippen LogP contribution in [0.4, 0.5) is 4.39 Å². The second-order valence-corrected chi connectivity index (χ2v) is 5.35. The van der Waals surface area contributed by atoms with E-state index in [2.05, 4.69) is 0 Å². The van der Waals surface area contributed by atoms with E-state index in [0.29, 0.717) is 16.1 Å². The highest BCUT2D eigenvalue weighted by molar-refractivity contribution is 6.42. The molecule has 0 amide bonds. The SMILES string of the molecule is Cc1cccc(C(=O)C(C#N)c2ccc(Cl)c(Cl)c2)c1F. The highest BCUT2D eigenvalue weighted by Gasteiger charge is 2.25. The molecular formula is C16H10Cl2FNO. The van der Waals surface area contributed by atoms with Gasteiger partial charge in [-0.15, -0.1) is 0 Å². The van der Waals surface area contributed by atoms with Crippen LogP contribution in [0.3, 0.4) is 0 Å². The molecule has 0 saturated carbocycles. The molecule has 2 aromatic carbocycles. The maximum atomic E-state index is 14.0. The molecule has 0 aromatic heterocycles. The molecular weight excluding hydrogens is 312 g/mol. The summed E-state index contributed by atoms with van der Waals surface area (Å²) >= 11 is 11.7. The van der Waals surface area contributed by atoms with E-state index in [-0.39, 0.29) is 10.6 Å². The monoisotopic (exact) mass is 321 g/mol. The van der Waals surface area contributed by atoms with Gasteiger partial charge in [0.25, 0.3) is 0 Å². The van der Waals surface area contributed by atoms with Gasteiger partial charge in [0.05, 0.1) is 21.7 Å². The predicted molar refractivity (Wildman–Crippen MR) is 80.3 cm³/mol. The van der Waals surface area contributed by atoms with Crippen LogP contribution in [-0.4, -0.2) is 5.78 Å². The van der Waals surface area contributed by atoms with Gasteiger partial charge in [-0.3, -0.25) is 4.79 Å². The Morgan fingerprint density at radius 2 is 1.95 bits per heavy atom. The molecule has 1 unspecified atom stereocenters. The molecule has 0 saturated heterocycles. The Labute approximate surface area is 131 Å². The van der Waals surface area contributed by atoms with Crippen molar-refractivity contribution in [2.45, 2.75) is 12.8 Å². The van der Waals surface area contributed by atoms with E-state index in [1.807, 2.05) is 6.07 Å². The normalized spacial score (nSPS) is 11.8. The summed E-state index contributed by atoms with van der Waals surface area (Å²) in [6.07, 6.45) is 0. The third-order valence-electron chi connectivity index (χ3n) is 3.13. The second kappa shape index (κ2) is 6.26. The molecule has 0 aliphatic carbocycles. The number of benzene rings is 2. The van der Waals surface area contributed by atoms with E-state index in [1.54, 1.807) is 19.1 Å². The van der Waals surface area contributed by atoms with E-state index < -0.39 is 17.5 Å². The molecule has 0 N–H and O–H groups in total. The maximum Gasteiger partial charge on any atom is 0.187 e. The van der Waals surface area contributed by atoms with Gasteiger partial charge in [0, 0.05) is 0 Å². The summed E-state index contributed by atoms with van der Waals surface area (Å²) in [5.74, 6) is -2.34. The largest absolute Gasteiger partial charge is 0.292 e. The lowest BCUT2D eigenvalue weighted by molar-refractivity contribution is 0.0975. The highest BCUT2D eigenvalue weighted by atomic mass is 35.5. The van der Waals surface area contributed by atoms with Crippen molar-refractivity contribution < 1.29 is 9.18 Å². The van der Waals surface area contributed by atoms with Gasteiger partial charge < -0.3 is 0 Å². The lowest BCUT2D eigenvalue weighted by atomic mass is 9.91. The predicted octanol–water partition coefficient (Wildman–Crippen LogP) is 4.93. The fraction of sp³-hybridized carbons (Fsp3) is 0.125. The Hall–Kier alpha value is -1.89. The Bertz CT molecular complexity index is 752. The van der Waals surface area contributed by atoms with Crippen molar-refractivity contribution in [3.63, 3.8) is 0 Å². The van der Waals surface area contributed by atoms with Gasteiger partial charge in [-0.2, -0.15) is 5.26 Å². The molecule has 2 nitrogen and oxygen atoms in total. The van der Waals surface area contributed by atoms with Crippen LogP contribution in [0.15, 0.2) is 36.4 Å². The number of Topliss-reactive ketones (excluding diaryl/α,β-unsaturated/α-hetero) is 1. The molecule has 0 fully saturated rings. The van der Waals surface area contributed by atoms with Crippen molar-refractivity contribution in [1.82, 2.24) is 0 Å². The summed E-state index contributed by atoms with van der Waals surface area (Å²) in [6, 6.07) is 10.9. The van der Waals surface area contributed by atoms with Crippen molar-refractivity contribution in [2.24, 2.45) is 0 Å². The standard InChI is InChI=1S/C16H10Cl2FNO/c1-9-3-2-4-11(15(9)19)16(21)12(8-20)10-5-6-13(17)14(18)7-10/h2-7,12H,1H3. The minimum Gasteiger partial charge on any atom is -0.292 e. The minimum absolute atomic E-state index is 0.104. The fourth-order valence-electron chi connectivity index (χ4n) is 1.97. The van der Waals surface area contributed by atoms with Crippen LogP contribution in [0.2, 0.25) is 10.0 Å². The van der Waals surface area contributed by atoms with Crippen molar-refractivity contribution >= 4 is 29.0 Å². The molecule has 5 heteroatoms. The number of halogens is 3. The van der Waals surface area contributed by atoms with E-state index in [1.165, 1.54) is 24.3 Å². The number of carbonyl (C=O) groups excluding carboxylic acids is 1. The Morgan fingerprint density at radius 3 is 2.57 bits per heavy atom. The zero-order valence-corrected chi connectivity index (χ0v) is 12.5. The van der Waals surface area contributed by atoms with Gasteiger partial charge in [0.15, 0.2) is 5.78 Å². The van der Waals surface area contributed by atoms with Crippen LogP contribution < -0.4 is 0 Å². The smallest absolute Gasteiger partial charge is 0.187 e. The number of rotatable bonds is 3. The Morgan fingerprint density at radius 1 is 1.24 bits per heavy atom. The number of nitrogens with zero attached hydrogens (tertiary/aromatic N) is 1. The van der Waals surface area contributed by atoms with Crippen LogP contribution >= 0.6 is 23.2 Å². The number of aryl methyl sites for hydroxylation is 1. The maximum absolute atomic E-state index is 14.0. The summed E-state index contributed by atoms with van der Waals surface area (Å²) < 4.78 is 14.0. The molecule has 0 heterocycles. The summed E-state index contributed by atoms with van der Waals surface area (Å²) in [5, 5.41) is 9.83. The third-order valence-corrected chi connectivity index (χ3v) is 3.86. The van der Waals surface area contributed by atoms with Crippen molar-refractivity contribution in [1.29, 1.82) is 5.26 Å². The van der Waals surface area contributed by atoms with Crippen molar-refractivity contribution in [3.05, 3.63) is 69.0 Å². The van der Waals surface area contributed by atoms with Crippen LogP contribution in [0.1, 0.15) is 27.4 Å². The average Bonchev–Trinajstić information content (AvgIpc) is 2.46. The van der Waals surface area contributed by atoms with Crippen molar-refractivity contribution in [2.75, 3.05) is 0 Å². The van der Waals surface area contributed by atoms with Gasteiger partial charge in [-0.25, -0.2) is 4.39 Å². The molecule has 0 aliphatic rings. The lowest BCUT2D eigenvalue weighted by Gasteiger charge is -2.11.